The monoisotopic (exact) mass is 302 g/mol. The highest BCUT2D eigenvalue weighted by atomic mass is 16.5. The van der Waals surface area contributed by atoms with Crippen molar-refractivity contribution >= 4 is 17.6 Å². The van der Waals surface area contributed by atoms with Gasteiger partial charge >= 0.3 is 0 Å². The van der Waals surface area contributed by atoms with Crippen molar-refractivity contribution in [3.05, 3.63) is 23.8 Å². The number of ether oxygens (including phenoxy) is 1. The van der Waals surface area contributed by atoms with Crippen LogP contribution in [0.5, 0.6) is 5.75 Å². The molecule has 1 N–H and O–H groups in total. The second kappa shape index (κ2) is 5.63. The van der Waals surface area contributed by atoms with Crippen molar-refractivity contribution < 1.29 is 19.4 Å². The van der Waals surface area contributed by atoms with Gasteiger partial charge in [0.05, 0.1) is 12.8 Å². The standard InChI is InChI=1S/C17H21NO4/c1-9-3-6-13(22-2)12(7-9)18-16(19)14-10-4-5-11(8-10)15(14)17(20)21/h3,6-7,10-11,14-15H,4-5,8H2,1-2H3,(H,18,19)(H,20,21)/p-1/t10-,11-,14+,15-/m0/s1. The fourth-order valence-electron chi connectivity index (χ4n) is 4.14. The largest absolute Gasteiger partial charge is 0.550 e. The van der Waals surface area contributed by atoms with Gasteiger partial charge in [-0.2, -0.15) is 0 Å². The van der Waals surface area contributed by atoms with E-state index >= 15 is 0 Å². The van der Waals surface area contributed by atoms with Gasteiger partial charge in [-0.1, -0.05) is 6.07 Å². The summed E-state index contributed by atoms with van der Waals surface area (Å²) in [5.41, 5.74) is 1.59. The van der Waals surface area contributed by atoms with Crippen LogP contribution in [-0.4, -0.2) is 19.0 Å². The van der Waals surface area contributed by atoms with Gasteiger partial charge in [0.1, 0.15) is 5.75 Å². The predicted molar refractivity (Wildman–Crippen MR) is 79.2 cm³/mol. The molecule has 0 heterocycles. The van der Waals surface area contributed by atoms with E-state index in [0.29, 0.717) is 11.4 Å². The van der Waals surface area contributed by atoms with Crippen molar-refractivity contribution in [3.63, 3.8) is 0 Å². The molecule has 0 unspecified atom stereocenters. The SMILES string of the molecule is COc1ccc(C)cc1NC(=O)[C@@H]1[C@H]2CC[C@@H](C2)[C@@H]1C(=O)[O-]. The second-order valence-electron chi connectivity index (χ2n) is 6.40. The Balaban J connectivity index is 1.82. The fourth-order valence-corrected chi connectivity index (χ4v) is 4.14. The lowest BCUT2D eigenvalue weighted by atomic mass is 9.78. The normalized spacial score (nSPS) is 29.4. The Labute approximate surface area is 129 Å². The van der Waals surface area contributed by atoms with Crippen LogP contribution in [0.15, 0.2) is 18.2 Å². The van der Waals surface area contributed by atoms with Crippen LogP contribution >= 0.6 is 0 Å². The number of aliphatic carboxylic acids is 1. The molecule has 0 aliphatic heterocycles. The van der Waals surface area contributed by atoms with Gasteiger partial charge in [0, 0.05) is 17.8 Å². The molecule has 22 heavy (non-hydrogen) atoms. The molecule has 0 saturated heterocycles. The minimum Gasteiger partial charge on any atom is -0.550 e. The molecule has 2 aliphatic carbocycles. The Morgan fingerprint density at radius 1 is 1.23 bits per heavy atom. The Morgan fingerprint density at radius 3 is 2.55 bits per heavy atom. The third kappa shape index (κ3) is 2.45. The van der Waals surface area contributed by atoms with Gasteiger partial charge in [-0.25, -0.2) is 0 Å². The third-order valence-corrected chi connectivity index (χ3v) is 5.10. The summed E-state index contributed by atoms with van der Waals surface area (Å²) in [7, 11) is 1.54. The smallest absolute Gasteiger partial charge is 0.228 e. The number of carboxylic acid groups (broad SMARTS) is 1. The van der Waals surface area contributed by atoms with Crippen LogP contribution in [-0.2, 0) is 9.59 Å². The van der Waals surface area contributed by atoms with Gasteiger partial charge in [-0.15, -0.1) is 0 Å². The van der Waals surface area contributed by atoms with Crippen molar-refractivity contribution in [1.29, 1.82) is 0 Å². The summed E-state index contributed by atoms with van der Waals surface area (Å²) in [4.78, 5) is 24.1. The maximum absolute atomic E-state index is 12.6. The van der Waals surface area contributed by atoms with Crippen molar-refractivity contribution in [3.8, 4) is 5.75 Å². The summed E-state index contributed by atoms with van der Waals surface area (Å²) >= 11 is 0. The molecule has 4 atom stereocenters. The lowest BCUT2D eigenvalue weighted by Crippen LogP contribution is -2.44. The lowest BCUT2D eigenvalue weighted by Gasteiger charge is -2.30. The van der Waals surface area contributed by atoms with Crippen LogP contribution in [0.25, 0.3) is 0 Å². The Hall–Kier alpha value is -2.04. The summed E-state index contributed by atoms with van der Waals surface area (Å²) in [6.07, 6.45) is 2.64. The zero-order chi connectivity index (χ0) is 15.9. The van der Waals surface area contributed by atoms with Crippen molar-refractivity contribution in [2.75, 3.05) is 12.4 Å². The van der Waals surface area contributed by atoms with Crippen LogP contribution in [0.1, 0.15) is 24.8 Å². The quantitative estimate of drug-likeness (QED) is 0.910. The van der Waals surface area contributed by atoms with Crippen molar-refractivity contribution in [2.45, 2.75) is 26.2 Å². The van der Waals surface area contributed by atoms with Gasteiger partial charge in [-0.05, 0) is 55.7 Å². The Kier molecular flexibility index (Phi) is 3.81. The topological polar surface area (TPSA) is 78.5 Å². The van der Waals surface area contributed by atoms with E-state index in [1.165, 1.54) is 0 Å². The number of nitrogens with one attached hydrogen (secondary N) is 1. The average Bonchev–Trinajstić information content (AvgIpc) is 3.08. The second-order valence-corrected chi connectivity index (χ2v) is 6.40. The van der Waals surface area contributed by atoms with Gasteiger partial charge in [-0.3, -0.25) is 4.79 Å². The summed E-state index contributed by atoms with van der Waals surface area (Å²) in [5.74, 6) is -1.65. The number of aryl methyl sites for hydroxylation is 1. The van der Waals surface area contributed by atoms with Gasteiger partial charge in [0.15, 0.2) is 0 Å². The van der Waals surface area contributed by atoms with E-state index in [2.05, 4.69) is 5.32 Å². The van der Waals surface area contributed by atoms with E-state index in [-0.39, 0.29) is 17.7 Å². The molecule has 5 heteroatoms. The average molecular weight is 302 g/mol. The number of methoxy groups -OCH3 is 1. The molecule has 2 aliphatic rings. The first-order valence-corrected chi connectivity index (χ1v) is 7.67. The molecular formula is C17H20NO4-. The third-order valence-electron chi connectivity index (χ3n) is 5.10. The summed E-state index contributed by atoms with van der Waals surface area (Å²) in [6, 6.07) is 5.52. The molecule has 1 aromatic carbocycles. The predicted octanol–water partition coefficient (Wildman–Crippen LogP) is 1.35. The number of fused-ring (bicyclic) bond motifs is 2. The number of benzene rings is 1. The highest BCUT2D eigenvalue weighted by Crippen LogP contribution is 2.52. The fraction of sp³-hybridized carbons (Fsp3) is 0.529. The zero-order valence-corrected chi connectivity index (χ0v) is 12.8. The van der Waals surface area contributed by atoms with Gasteiger partial charge in [0.2, 0.25) is 5.91 Å². The number of carbonyl (C=O) groups excluding carboxylic acids is 2. The highest BCUT2D eigenvalue weighted by molar-refractivity contribution is 5.97. The number of hydrogen-bond acceptors (Lipinski definition) is 4. The number of hydrogen-bond donors (Lipinski definition) is 1. The molecule has 2 fully saturated rings. The highest BCUT2D eigenvalue weighted by Gasteiger charge is 2.51. The number of anilines is 1. The molecule has 0 radical (unpaired) electrons. The summed E-state index contributed by atoms with van der Waals surface area (Å²) < 4.78 is 5.26. The van der Waals surface area contributed by atoms with Crippen LogP contribution in [0.3, 0.4) is 0 Å². The van der Waals surface area contributed by atoms with Crippen LogP contribution in [0, 0.1) is 30.6 Å². The minimum atomic E-state index is -1.09. The number of rotatable bonds is 4. The molecular weight excluding hydrogens is 282 g/mol. The molecule has 3 rings (SSSR count). The van der Waals surface area contributed by atoms with Crippen LogP contribution < -0.4 is 15.2 Å². The minimum absolute atomic E-state index is 0.0881. The molecule has 2 saturated carbocycles. The van der Waals surface area contributed by atoms with Crippen LogP contribution in [0.4, 0.5) is 5.69 Å². The van der Waals surface area contributed by atoms with Crippen molar-refractivity contribution in [2.24, 2.45) is 23.7 Å². The number of carboxylic acids is 1. The molecule has 2 bridgehead atoms. The van der Waals surface area contributed by atoms with Gasteiger partial charge in [0.25, 0.3) is 0 Å². The first-order valence-electron chi connectivity index (χ1n) is 7.67. The zero-order valence-electron chi connectivity index (χ0n) is 12.8. The van der Waals surface area contributed by atoms with Gasteiger partial charge < -0.3 is 20.0 Å². The molecule has 1 aromatic rings. The molecule has 0 spiro atoms. The maximum atomic E-state index is 12.6. The molecule has 118 valence electrons. The Morgan fingerprint density at radius 2 is 1.91 bits per heavy atom. The first-order chi connectivity index (χ1) is 10.5. The lowest BCUT2D eigenvalue weighted by molar-refractivity contribution is -0.314. The molecule has 1 amide bonds. The molecule has 0 aromatic heterocycles. The van der Waals surface area contributed by atoms with E-state index in [1.807, 2.05) is 19.1 Å². The number of carbonyl (C=O) groups is 2. The van der Waals surface area contributed by atoms with E-state index in [9.17, 15) is 14.7 Å². The molecule has 5 nitrogen and oxygen atoms in total. The summed E-state index contributed by atoms with van der Waals surface area (Å²) in [6.45, 7) is 1.93. The van der Waals surface area contributed by atoms with E-state index in [4.69, 9.17) is 4.74 Å². The summed E-state index contributed by atoms with van der Waals surface area (Å²) in [5, 5.41) is 14.3. The number of amides is 1. The van der Waals surface area contributed by atoms with Crippen molar-refractivity contribution in [1.82, 2.24) is 0 Å². The maximum Gasteiger partial charge on any atom is 0.228 e. The van der Waals surface area contributed by atoms with Crippen LogP contribution in [0.2, 0.25) is 0 Å². The first kappa shape index (κ1) is 14.9. The van der Waals surface area contributed by atoms with E-state index in [1.54, 1.807) is 13.2 Å². The van der Waals surface area contributed by atoms with E-state index < -0.39 is 17.8 Å². The Bertz CT molecular complexity index is 613. The van der Waals surface area contributed by atoms with E-state index in [0.717, 1.165) is 24.8 Å².